The van der Waals surface area contributed by atoms with E-state index >= 15 is 0 Å². The SMILES string of the molecule is Cc1cc(Nc2cccc(C(=O)NCCNCCc3ccccc3O)c2)c2ccccc2n1. The van der Waals surface area contributed by atoms with Crippen molar-refractivity contribution in [2.24, 2.45) is 0 Å². The first-order chi connectivity index (χ1) is 16.1. The number of pyridine rings is 1. The van der Waals surface area contributed by atoms with Crippen LogP contribution in [-0.4, -0.2) is 35.6 Å². The van der Waals surface area contributed by atoms with Crippen molar-refractivity contribution < 1.29 is 9.90 Å². The number of nitrogens with zero attached hydrogens (tertiary/aromatic N) is 1. The number of hydrogen-bond acceptors (Lipinski definition) is 5. The van der Waals surface area contributed by atoms with Crippen LogP contribution in [0.15, 0.2) is 78.9 Å². The van der Waals surface area contributed by atoms with Crippen LogP contribution in [0.4, 0.5) is 11.4 Å². The molecule has 3 aromatic carbocycles. The summed E-state index contributed by atoms with van der Waals surface area (Å²) in [5.74, 6) is 0.202. The van der Waals surface area contributed by atoms with Gasteiger partial charge in [-0.1, -0.05) is 42.5 Å². The van der Waals surface area contributed by atoms with E-state index in [1.807, 2.05) is 79.7 Å². The zero-order chi connectivity index (χ0) is 23.0. The summed E-state index contributed by atoms with van der Waals surface area (Å²) in [6, 6.07) is 24.8. The quantitative estimate of drug-likeness (QED) is 0.287. The van der Waals surface area contributed by atoms with Gasteiger partial charge in [-0.3, -0.25) is 9.78 Å². The van der Waals surface area contributed by atoms with E-state index in [1.54, 1.807) is 6.07 Å². The monoisotopic (exact) mass is 440 g/mol. The molecule has 0 radical (unpaired) electrons. The van der Waals surface area contributed by atoms with Gasteiger partial charge in [0.15, 0.2) is 0 Å². The number of aryl methyl sites for hydroxylation is 1. The van der Waals surface area contributed by atoms with Gasteiger partial charge in [0.25, 0.3) is 5.91 Å². The number of nitrogens with one attached hydrogen (secondary N) is 3. The maximum atomic E-state index is 12.6. The van der Waals surface area contributed by atoms with Crippen LogP contribution in [0.25, 0.3) is 10.9 Å². The molecule has 0 aliphatic heterocycles. The Morgan fingerprint density at radius 1 is 0.909 bits per heavy atom. The van der Waals surface area contributed by atoms with Crippen molar-refractivity contribution in [2.75, 3.05) is 25.0 Å². The predicted octanol–water partition coefficient (Wildman–Crippen LogP) is 4.55. The summed E-state index contributed by atoms with van der Waals surface area (Å²) in [7, 11) is 0. The van der Waals surface area contributed by atoms with Gasteiger partial charge in [0.05, 0.1) is 5.52 Å². The van der Waals surface area contributed by atoms with Gasteiger partial charge in [-0.05, 0) is 61.9 Å². The van der Waals surface area contributed by atoms with Crippen LogP contribution in [0.5, 0.6) is 5.75 Å². The van der Waals surface area contributed by atoms with E-state index in [-0.39, 0.29) is 5.91 Å². The van der Waals surface area contributed by atoms with Gasteiger partial charge in [-0.2, -0.15) is 0 Å². The molecule has 1 amide bonds. The van der Waals surface area contributed by atoms with Crippen molar-refractivity contribution in [3.63, 3.8) is 0 Å². The second-order valence-electron chi connectivity index (χ2n) is 7.92. The van der Waals surface area contributed by atoms with E-state index in [2.05, 4.69) is 20.9 Å². The number of fused-ring (bicyclic) bond motifs is 1. The van der Waals surface area contributed by atoms with Crippen molar-refractivity contribution >= 4 is 28.2 Å². The maximum Gasteiger partial charge on any atom is 0.251 e. The summed E-state index contributed by atoms with van der Waals surface area (Å²) in [5, 5.41) is 20.5. The summed E-state index contributed by atoms with van der Waals surface area (Å²) in [4.78, 5) is 17.2. The van der Waals surface area contributed by atoms with Gasteiger partial charge in [0.1, 0.15) is 5.75 Å². The number of para-hydroxylation sites is 2. The summed E-state index contributed by atoms with van der Waals surface area (Å²) < 4.78 is 0. The number of aromatic hydroxyl groups is 1. The van der Waals surface area contributed by atoms with Crippen LogP contribution in [0.1, 0.15) is 21.6 Å². The Hall–Kier alpha value is -3.90. The molecule has 1 heterocycles. The van der Waals surface area contributed by atoms with E-state index in [0.29, 0.717) is 24.4 Å². The number of amides is 1. The van der Waals surface area contributed by atoms with Gasteiger partial charge in [-0.25, -0.2) is 0 Å². The molecule has 4 N–H and O–H groups in total. The Kier molecular flexibility index (Phi) is 7.17. The summed E-state index contributed by atoms with van der Waals surface area (Å²) in [6.07, 6.45) is 0.734. The number of phenolic OH excluding ortho intramolecular Hbond substituents is 1. The molecular weight excluding hydrogens is 412 g/mol. The van der Waals surface area contributed by atoms with E-state index in [9.17, 15) is 9.90 Å². The molecule has 6 nitrogen and oxygen atoms in total. The molecule has 0 saturated carbocycles. The molecule has 168 valence electrons. The molecule has 33 heavy (non-hydrogen) atoms. The smallest absolute Gasteiger partial charge is 0.251 e. The third-order valence-electron chi connectivity index (χ3n) is 5.40. The van der Waals surface area contributed by atoms with Crippen LogP contribution in [-0.2, 0) is 6.42 Å². The number of benzene rings is 3. The highest BCUT2D eigenvalue weighted by atomic mass is 16.3. The number of carbonyl (C=O) groups is 1. The number of carbonyl (C=O) groups excluding carboxylic acids is 1. The van der Waals surface area contributed by atoms with Crippen molar-refractivity contribution in [1.29, 1.82) is 0 Å². The zero-order valence-electron chi connectivity index (χ0n) is 18.6. The lowest BCUT2D eigenvalue weighted by Gasteiger charge is -2.12. The Balaban J connectivity index is 1.30. The summed E-state index contributed by atoms with van der Waals surface area (Å²) in [6.45, 7) is 3.87. The Morgan fingerprint density at radius 2 is 1.73 bits per heavy atom. The molecule has 4 rings (SSSR count). The molecule has 0 aliphatic carbocycles. The minimum Gasteiger partial charge on any atom is -0.508 e. The van der Waals surface area contributed by atoms with Crippen molar-refractivity contribution in [1.82, 2.24) is 15.6 Å². The van der Waals surface area contributed by atoms with Crippen LogP contribution < -0.4 is 16.0 Å². The fraction of sp³-hybridized carbons (Fsp3) is 0.185. The Labute approximate surface area is 193 Å². The molecule has 0 unspecified atom stereocenters. The lowest BCUT2D eigenvalue weighted by molar-refractivity contribution is 0.0954. The number of anilines is 2. The summed E-state index contributed by atoms with van der Waals surface area (Å²) >= 11 is 0. The highest BCUT2D eigenvalue weighted by Gasteiger charge is 2.08. The van der Waals surface area contributed by atoms with Crippen molar-refractivity contribution in [2.45, 2.75) is 13.3 Å². The molecule has 0 saturated heterocycles. The predicted molar refractivity (Wildman–Crippen MR) is 133 cm³/mol. The highest BCUT2D eigenvalue weighted by molar-refractivity contribution is 5.96. The molecule has 4 aromatic rings. The molecule has 0 fully saturated rings. The van der Waals surface area contributed by atoms with E-state index in [4.69, 9.17) is 0 Å². The first kappa shape index (κ1) is 22.3. The summed E-state index contributed by atoms with van der Waals surface area (Å²) in [5.41, 5.74) is 5.19. The average molecular weight is 441 g/mol. The van der Waals surface area contributed by atoms with Crippen LogP contribution in [0.3, 0.4) is 0 Å². The van der Waals surface area contributed by atoms with Crippen LogP contribution in [0, 0.1) is 6.92 Å². The van der Waals surface area contributed by atoms with Gasteiger partial charge in [0.2, 0.25) is 0 Å². The Bertz CT molecular complexity index is 1260. The standard InChI is InChI=1S/C27H28N4O2/c1-19-17-25(23-10-3-4-11-24(23)30-19)31-22-9-6-8-21(18-22)27(33)29-16-15-28-14-13-20-7-2-5-12-26(20)32/h2-12,17-18,28,32H,13-16H2,1H3,(H,29,33)(H,30,31). The fourth-order valence-corrected chi connectivity index (χ4v) is 3.74. The first-order valence-electron chi connectivity index (χ1n) is 11.1. The largest absolute Gasteiger partial charge is 0.508 e. The second-order valence-corrected chi connectivity index (χ2v) is 7.92. The van der Waals surface area contributed by atoms with Crippen molar-refractivity contribution in [3.05, 3.63) is 95.7 Å². The number of aromatic nitrogens is 1. The molecular formula is C27H28N4O2. The van der Waals surface area contributed by atoms with E-state index < -0.39 is 0 Å². The van der Waals surface area contributed by atoms with Gasteiger partial charge < -0.3 is 21.1 Å². The fourth-order valence-electron chi connectivity index (χ4n) is 3.74. The highest BCUT2D eigenvalue weighted by Crippen LogP contribution is 2.26. The van der Waals surface area contributed by atoms with Gasteiger partial charge in [-0.15, -0.1) is 0 Å². The molecule has 0 aliphatic rings. The van der Waals surface area contributed by atoms with Gasteiger partial charge >= 0.3 is 0 Å². The number of hydrogen-bond donors (Lipinski definition) is 4. The zero-order valence-corrected chi connectivity index (χ0v) is 18.6. The molecule has 1 aromatic heterocycles. The second kappa shape index (κ2) is 10.6. The van der Waals surface area contributed by atoms with Crippen LogP contribution >= 0.6 is 0 Å². The Morgan fingerprint density at radius 3 is 2.61 bits per heavy atom. The lowest BCUT2D eigenvalue weighted by Crippen LogP contribution is -2.32. The van der Waals surface area contributed by atoms with E-state index in [0.717, 1.165) is 46.5 Å². The molecule has 0 atom stereocenters. The maximum absolute atomic E-state index is 12.6. The minimum absolute atomic E-state index is 0.114. The molecule has 0 bridgehead atoms. The normalized spacial score (nSPS) is 10.8. The lowest BCUT2D eigenvalue weighted by atomic mass is 10.1. The third kappa shape index (κ3) is 5.87. The number of phenols is 1. The van der Waals surface area contributed by atoms with Gasteiger partial charge in [0, 0.05) is 41.1 Å². The average Bonchev–Trinajstić information content (AvgIpc) is 2.82. The third-order valence-corrected chi connectivity index (χ3v) is 5.40. The topological polar surface area (TPSA) is 86.3 Å². The van der Waals surface area contributed by atoms with Crippen molar-refractivity contribution in [3.8, 4) is 5.75 Å². The van der Waals surface area contributed by atoms with Crippen LogP contribution in [0.2, 0.25) is 0 Å². The van der Waals surface area contributed by atoms with E-state index in [1.165, 1.54) is 0 Å². The molecule has 0 spiro atoms. The molecule has 6 heteroatoms. The minimum atomic E-state index is -0.114. The first-order valence-corrected chi connectivity index (χ1v) is 11.1. The number of rotatable bonds is 9.